The Balaban J connectivity index is 1.74. The zero-order valence-electron chi connectivity index (χ0n) is 14.6. The van der Waals surface area contributed by atoms with Crippen LogP contribution < -0.4 is 15.1 Å². The highest BCUT2D eigenvalue weighted by Crippen LogP contribution is 2.36. The van der Waals surface area contributed by atoms with Crippen LogP contribution in [0.2, 0.25) is 0 Å². The van der Waals surface area contributed by atoms with Gasteiger partial charge in [0.15, 0.2) is 11.6 Å². The molecule has 0 unspecified atom stereocenters. The molecule has 2 heterocycles. The Bertz CT molecular complexity index is 714. The first-order chi connectivity index (χ1) is 12.2. The number of halogens is 2. The number of carbonyl (C=O) groups is 2. The zero-order chi connectivity index (χ0) is 19.1. The lowest BCUT2D eigenvalue weighted by Gasteiger charge is -2.47. The minimum absolute atomic E-state index is 0.0466. The molecular weight excluding hydrogens is 348 g/mol. The van der Waals surface area contributed by atoms with Crippen molar-refractivity contribution in [2.75, 3.05) is 36.0 Å². The third-order valence-corrected chi connectivity index (χ3v) is 4.71. The van der Waals surface area contributed by atoms with Crippen LogP contribution in [-0.4, -0.2) is 55.0 Å². The number of hydrogen-bond acceptors (Lipinski definition) is 5. The van der Waals surface area contributed by atoms with E-state index in [1.807, 2.05) is 6.92 Å². The van der Waals surface area contributed by atoms with Crippen LogP contribution in [0.25, 0.3) is 0 Å². The van der Waals surface area contributed by atoms with E-state index in [4.69, 9.17) is 4.74 Å². The van der Waals surface area contributed by atoms with Crippen molar-refractivity contribution in [3.05, 3.63) is 23.8 Å². The zero-order valence-corrected chi connectivity index (χ0v) is 14.6. The van der Waals surface area contributed by atoms with Crippen molar-refractivity contribution in [2.45, 2.75) is 32.0 Å². The smallest absolute Gasteiger partial charge is 0.414 e. The standard InChI is InChI=1S/C17H21F2N3O4/c1-3-17(25)8-21(9-17)15-13(18)4-11(5-14(15)19)22-7-12(26-16(22)24)6-20-10(2)23/h4-5,12,25H,3,6-9H2,1-2H3,(H,20,23)/t12-/m0/s1. The number of ether oxygens (including phenoxy) is 1. The Hall–Kier alpha value is -2.42. The minimum Gasteiger partial charge on any atom is -0.442 e. The molecule has 1 aromatic carbocycles. The number of anilines is 2. The fraction of sp³-hybridized carbons (Fsp3) is 0.529. The van der Waals surface area contributed by atoms with Crippen LogP contribution >= 0.6 is 0 Å². The molecule has 1 atom stereocenters. The van der Waals surface area contributed by atoms with Crippen molar-refractivity contribution in [2.24, 2.45) is 0 Å². The average molecular weight is 369 g/mol. The van der Waals surface area contributed by atoms with Crippen LogP contribution in [-0.2, 0) is 9.53 Å². The summed E-state index contributed by atoms with van der Waals surface area (Å²) in [5.41, 5.74) is -1.09. The fourth-order valence-electron chi connectivity index (χ4n) is 3.15. The first-order valence-electron chi connectivity index (χ1n) is 8.41. The number of β-amino-alcohol motifs (C(OH)–C–C–N with tert-alkyl or cyclic N) is 1. The highest BCUT2D eigenvalue weighted by atomic mass is 19.1. The molecule has 0 radical (unpaired) electrons. The summed E-state index contributed by atoms with van der Waals surface area (Å²) in [5, 5.41) is 12.6. The molecule has 2 N–H and O–H groups in total. The van der Waals surface area contributed by atoms with Gasteiger partial charge >= 0.3 is 6.09 Å². The van der Waals surface area contributed by atoms with Crippen molar-refractivity contribution in [1.82, 2.24) is 5.32 Å². The second kappa shape index (κ2) is 6.71. The van der Waals surface area contributed by atoms with Gasteiger partial charge < -0.3 is 20.1 Å². The molecule has 142 valence electrons. The summed E-state index contributed by atoms with van der Waals surface area (Å²) >= 11 is 0. The fourth-order valence-corrected chi connectivity index (χ4v) is 3.15. The van der Waals surface area contributed by atoms with Gasteiger partial charge in [-0.2, -0.15) is 0 Å². The van der Waals surface area contributed by atoms with E-state index in [0.717, 1.165) is 17.0 Å². The average Bonchev–Trinajstić information content (AvgIpc) is 2.91. The summed E-state index contributed by atoms with van der Waals surface area (Å²) in [5.74, 6) is -1.88. The van der Waals surface area contributed by atoms with Crippen molar-refractivity contribution in [1.29, 1.82) is 0 Å². The van der Waals surface area contributed by atoms with Crippen LogP contribution in [0.15, 0.2) is 12.1 Å². The molecule has 2 aliphatic rings. The highest BCUT2D eigenvalue weighted by molar-refractivity contribution is 5.90. The second-order valence-electron chi connectivity index (χ2n) is 6.75. The molecule has 0 aliphatic carbocycles. The summed E-state index contributed by atoms with van der Waals surface area (Å²) in [7, 11) is 0. The Labute approximate surface area is 149 Å². The molecular formula is C17H21F2N3O4. The largest absolute Gasteiger partial charge is 0.442 e. The third kappa shape index (κ3) is 3.44. The molecule has 9 heteroatoms. The van der Waals surface area contributed by atoms with Crippen molar-refractivity contribution in [3.8, 4) is 0 Å². The Morgan fingerprint density at radius 3 is 2.54 bits per heavy atom. The summed E-state index contributed by atoms with van der Waals surface area (Å²) in [4.78, 5) is 25.5. The lowest BCUT2D eigenvalue weighted by Crippen LogP contribution is -2.62. The summed E-state index contributed by atoms with van der Waals surface area (Å²) in [6, 6.07) is 2.15. The quantitative estimate of drug-likeness (QED) is 0.820. The van der Waals surface area contributed by atoms with Gasteiger partial charge in [-0.05, 0) is 6.42 Å². The maximum absolute atomic E-state index is 14.5. The molecule has 2 aliphatic heterocycles. The SMILES string of the molecule is CCC1(O)CN(c2c(F)cc(N3C[C@H](CNC(C)=O)OC3=O)cc2F)C1. The van der Waals surface area contributed by atoms with Crippen LogP contribution in [0.3, 0.4) is 0 Å². The third-order valence-electron chi connectivity index (χ3n) is 4.71. The first-order valence-corrected chi connectivity index (χ1v) is 8.41. The number of nitrogens with zero attached hydrogens (tertiary/aromatic N) is 2. The molecule has 2 fully saturated rings. The lowest BCUT2D eigenvalue weighted by molar-refractivity contribution is -0.119. The molecule has 0 aromatic heterocycles. The van der Waals surface area contributed by atoms with Gasteiger partial charge in [-0.3, -0.25) is 9.69 Å². The number of aliphatic hydroxyl groups is 1. The molecule has 1 aromatic rings. The van der Waals surface area contributed by atoms with E-state index < -0.39 is 29.4 Å². The maximum atomic E-state index is 14.5. The van der Waals surface area contributed by atoms with E-state index in [1.165, 1.54) is 11.8 Å². The number of hydrogen-bond donors (Lipinski definition) is 2. The van der Waals surface area contributed by atoms with Gasteiger partial charge in [0.1, 0.15) is 11.8 Å². The summed E-state index contributed by atoms with van der Waals surface area (Å²) in [6.07, 6.45) is -0.816. The van der Waals surface area contributed by atoms with Crippen LogP contribution in [0, 0.1) is 11.6 Å². The molecule has 2 amide bonds. The van der Waals surface area contributed by atoms with E-state index in [0.29, 0.717) is 6.42 Å². The van der Waals surface area contributed by atoms with Gasteiger partial charge in [-0.15, -0.1) is 0 Å². The number of benzene rings is 1. The van der Waals surface area contributed by atoms with Gasteiger partial charge in [0.05, 0.1) is 24.4 Å². The van der Waals surface area contributed by atoms with Gasteiger partial charge in [0, 0.05) is 32.1 Å². The van der Waals surface area contributed by atoms with E-state index in [1.54, 1.807) is 0 Å². The summed E-state index contributed by atoms with van der Waals surface area (Å²) < 4.78 is 34.0. The molecule has 3 rings (SSSR count). The van der Waals surface area contributed by atoms with Crippen LogP contribution in [0.4, 0.5) is 25.0 Å². The Morgan fingerprint density at radius 2 is 2.00 bits per heavy atom. The molecule has 7 nitrogen and oxygen atoms in total. The van der Waals surface area contributed by atoms with Crippen molar-refractivity contribution in [3.63, 3.8) is 0 Å². The predicted molar refractivity (Wildman–Crippen MR) is 90.1 cm³/mol. The van der Waals surface area contributed by atoms with Gasteiger partial charge in [-0.25, -0.2) is 13.6 Å². The summed E-state index contributed by atoms with van der Waals surface area (Å²) in [6.45, 7) is 3.67. The molecule has 0 saturated carbocycles. The maximum Gasteiger partial charge on any atom is 0.414 e. The Morgan fingerprint density at radius 1 is 1.38 bits per heavy atom. The molecule has 0 spiro atoms. The number of amides is 2. The topological polar surface area (TPSA) is 82.1 Å². The molecule has 26 heavy (non-hydrogen) atoms. The Kier molecular flexibility index (Phi) is 4.74. The van der Waals surface area contributed by atoms with E-state index in [9.17, 15) is 23.5 Å². The van der Waals surface area contributed by atoms with Crippen molar-refractivity contribution < 1.29 is 28.2 Å². The van der Waals surface area contributed by atoms with Gasteiger partial charge in [0.25, 0.3) is 0 Å². The predicted octanol–water partition coefficient (Wildman–Crippen LogP) is 1.39. The monoisotopic (exact) mass is 369 g/mol. The number of cyclic esters (lactones) is 1. The van der Waals surface area contributed by atoms with E-state index in [-0.39, 0.29) is 43.5 Å². The molecule has 2 saturated heterocycles. The van der Waals surface area contributed by atoms with Crippen LogP contribution in [0.1, 0.15) is 20.3 Å². The number of nitrogens with one attached hydrogen (secondary N) is 1. The highest BCUT2D eigenvalue weighted by Gasteiger charge is 2.42. The van der Waals surface area contributed by atoms with Gasteiger partial charge in [-0.1, -0.05) is 6.92 Å². The minimum atomic E-state index is -0.923. The van der Waals surface area contributed by atoms with E-state index in [2.05, 4.69) is 5.32 Å². The van der Waals surface area contributed by atoms with Crippen molar-refractivity contribution >= 4 is 23.4 Å². The molecule has 0 bridgehead atoms. The number of carbonyl (C=O) groups excluding carboxylic acids is 2. The van der Waals surface area contributed by atoms with Crippen LogP contribution in [0.5, 0.6) is 0 Å². The first kappa shape index (κ1) is 18.4. The lowest BCUT2D eigenvalue weighted by atomic mass is 9.90. The second-order valence-corrected chi connectivity index (χ2v) is 6.75. The van der Waals surface area contributed by atoms with E-state index >= 15 is 0 Å². The number of rotatable bonds is 5. The normalized spacial score (nSPS) is 21.4. The van der Waals surface area contributed by atoms with Gasteiger partial charge in [0.2, 0.25) is 5.91 Å².